The molecular formula is C22H15NO5. The van der Waals surface area contributed by atoms with E-state index >= 15 is 0 Å². The van der Waals surface area contributed by atoms with Crippen LogP contribution < -0.4 is 10.7 Å². The van der Waals surface area contributed by atoms with E-state index in [1.54, 1.807) is 30.3 Å². The number of hydrogen-bond acceptors (Lipinski definition) is 5. The quantitative estimate of drug-likeness (QED) is 0.551. The van der Waals surface area contributed by atoms with Crippen LogP contribution in [0.4, 0.5) is 5.69 Å². The molecule has 0 saturated carbocycles. The minimum Gasteiger partial charge on any atom is -0.450 e. The fourth-order valence-electron chi connectivity index (χ4n) is 2.93. The van der Waals surface area contributed by atoms with E-state index in [1.807, 2.05) is 36.4 Å². The molecule has 0 fully saturated rings. The zero-order chi connectivity index (χ0) is 19.5. The van der Waals surface area contributed by atoms with E-state index in [0.717, 1.165) is 16.8 Å². The number of para-hydroxylation sites is 1. The Labute approximate surface area is 159 Å². The topological polar surface area (TPSA) is 85.6 Å². The second-order valence-electron chi connectivity index (χ2n) is 6.12. The molecule has 0 aliphatic rings. The fraction of sp³-hybridized carbons (Fsp3) is 0.0455. The molecule has 28 heavy (non-hydrogen) atoms. The maximum absolute atomic E-state index is 12.2. The Morgan fingerprint density at radius 3 is 2.46 bits per heavy atom. The first kappa shape index (κ1) is 17.5. The molecule has 0 radical (unpaired) electrons. The third-order valence-electron chi connectivity index (χ3n) is 4.23. The minimum absolute atomic E-state index is 0.248. The molecule has 138 valence electrons. The number of hydrogen-bond donors (Lipinski definition) is 1. The number of fused-ring (bicyclic) bond motifs is 2. The van der Waals surface area contributed by atoms with Crippen LogP contribution in [-0.2, 0) is 9.53 Å². The van der Waals surface area contributed by atoms with E-state index in [9.17, 15) is 14.4 Å². The Morgan fingerprint density at radius 1 is 0.893 bits per heavy atom. The average Bonchev–Trinajstić information content (AvgIpc) is 2.72. The SMILES string of the molecule is O=C(COC(=O)c1cc(=O)c2ccccc2o1)Nc1cccc2ccccc12. The van der Waals surface area contributed by atoms with Gasteiger partial charge in [-0.1, -0.05) is 48.5 Å². The second-order valence-corrected chi connectivity index (χ2v) is 6.12. The second kappa shape index (κ2) is 7.36. The summed E-state index contributed by atoms with van der Waals surface area (Å²) in [5.41, 5.74) is 0.549. The van der Waals surface area contributed by atoms with E-state index in [-0.39, 0.29) is 16.8 Å². The lowest BCUT2D eigenvalue weighted by Gasteiger charge is -2.09. The summed E-state index contributed by atoms with van der Waals surface area (Å²) in [5, 5.41) is 4.95. The van der Waals surface area contributed by atoms with E-state index < -0.39 is 18.5 Å². The first-order chi connectivity index (χ1) is 13.6. The molecule has 4 aromatic rings. The molecule has 4 rings (SSSR count). The Kier molecular flexibility index (Phi) is 4.60. The minimum atomic E-state index is -0.879. The Morgan fingerprint density at radius 2 is 1.61 bits per heavy atom. The molecule has 0 bridgehead atoms. The zero-order valence-corrected chi connectivity index (χ0v) is 14.7. The van der Waals surface area contributed by atoms with E-state index in [2.05, 4.69) is 5.32 Å². The van der Waals surface area contributed by atoms with Gasteiger partial charge in [-0.15, -0.1) is 0 Å². The summed E-state index contributed by atoms with van der Waals surface area (Å²) in [6.07, 6.45) is 0. The molecule has 0 aliphatic carbocycles. The molecular weight excluding hydrogens is 358 g/mol. The molecule has 1 aromatic heterocycles. The van der Waals surface area contributed by atoms with Crippen LogP contribution in [0.15, 0.2) is 82.0 Å². The monoisotopic (exact) mass is 373 g/mol. The van der Waals surface area contributed by atoms with Crippen molar-refractivity contribution in [2.24, 2.45) is 0 Å². The van der Waals surface area contributed by atoms with Gasteiger partial charge >= 0.3 is 5.97 Å². The summed E-state index contributed by atoms with van der Waals surface area (Å²) in [6, 6.07) is 20.8. The van der Waals surface area contributed by atoms with Gasteiger partial charge in [0, 0.05) is 17.1 Å². The summed E-state index contributed by atoms with van der Waals surface area (Å²) in [4.78, 5) is 36.4. The largest absolute Gasteiger partial charge is 0.450 e. The number of amides is 1. The molecule has 1 heterocycles. The Hall–Kier alpha value is -3.93. The highest BCUT2D eigenvalue weighted by Gasteiger charge is 2.15. The van der Waals surface area contributed by atoms with Crippen molar-refractivity contribution in [2.75, 3.05) is 11.9 Å². The number of carbonyl (C=O) groups excluding carboxylic acids is 2. The summed E-state index contributed by atoms with van der Waals surface area (Å²) in [7, 11) is 0. The lowest BCUT2D eigenvalue weighted by Crippen LogP contribution is -2.21. The van der Waals surface area contributed by atoms with Crippen LogP contribution >= 0.6 is 0 Å². The van der Waals surface area contributed by atoms with Crippen molar-refractivity contribution in [1.29, 1.82) is 0 Å². The van der Waals surface area contributed by atoms with Gasteiger partial charge in [-0.2, -0.15) is 0 Å². The van der Waals surface area contributed by atoms with Gasteiger partial charge in [0.2, 0.25) is 5.76 Å². The summed E-state index contributed by atoms with van der Waals surface area (Å²) >= 11 is 0. The molecule has 0 saturated heterocycles. The van der Waals surface area contributed by atoms with Crippen molar-refractivity contribution >= 4 is 39.3 Å². The average molecular weight is 373 g/mol. The van der Waals surface area contributed by atoms with Crippen molar-refractivity contribution in [3.8, 4) is 0 Å². The summed E-state index contributed by atoms with van der Waals surface area (Å²) < 4.78 is 10.4. The van der Waals surface area contributed by atoms with Gasteiger partial charge in [0.1, 0.15) is 5.58 Å². The number of carbonyl (C=O) groups is 2. The highest BCUT2D eigenvalue weighted by molar-refractivity contribution is 6.03. The van der Waals surface area contributed by atoms with Crippen molar-refractivity contribution in [2.45, 2.75) is 0 Å². The number of anilines is 1. The first-order valence-corrected chi connectivity index (χ1v) is 8.59. The van der Waals surface area contributed by atoms with Gasteiger partial charge in [-0.05, 0) is 23.6 Å². The van der Waals surface area contributed by atoms with Crippen molar-refractivity contribution < 1.29 is 18.7 Å². The highest BCUT2D eigenvalue weighted by Crippen LogP contribution is 2.22. The lowest BCUT2D eigenvalue weighted by molar-refractivity contribution is -0.119. The summed E-state index contributed by atoms with van der Waals surface area (Å²) in [6.45, 7) is -0.501. The molecule has 0 unspecified atom stereocenters. The lowest BCUT2D eigenvalue weighted by atomic mass is 10.1. The maximum atomic E-state index is 12.2. The van der Waals surface area contributed by atoms with Crippen LogP contribution in [0.25, 0.3) is 21.7 Å². The van der Waals surface area contributed by atoms with Crippen LogP contribution in [0.5, 0.6) is 0 Å². The van der Waals surface area contributed by atoms with Crippen LogP contribution in [0.3, 0.4) is 0 Å². The molecule has 6 nitrogen and oxygen atoms in total. The maximum Gasteiger partial charge on any atom is 0.374 e. The predicted molar refractivity (Wildman–Crippen MR) is 105 cm³/mol. The number of ether oxygens (including phenoxy) is 1. The van der Waals surface area contributed by atoms with E-state index in [4.69, 9.17) is 9.15 Å². The third-order valence-corrected chi connectivity index (χ3v) is 4.23. The van der Waals surface area contributed by atoms with Crippen molar-refractivity contribution in [3.05, 3.63) is 88.8 Å². The zero-order valence-electron chi connectivity index (χ0n) is 14.7. The predicted octanol–water partition coefficient (Wildman–Crippen LogP) is 3.74. The number of benzene rings is 3. The first-order valence-electron chi connectivity index (χ1n) is 8.59. The highest BCUT2D eigenvalue weighted by atomic mass is 16.5. The Balaban J connectivity index is 1.46. The van der Waals surface area contributed by atoms with Gasteiger partial charge < -0.3 is 14.5 Å². The van der Waals surface area contributed by atoms with Gasteiger partial charge in [0.15, 0.2) is 12.0 Å². The van der Waals surface area contributed by atoms with Crippen molar-refractivity contribution in [1.82, 2.24) is 0 Å². The smallest absolute Gasteiger partial charge is 0.374 e. The standard InChI is InChI=1S/C22H15NO5/c24-18-12-20(28-19-11-4-3-9-16(18)19)22(26)27-13-21(25)23-17-10-5-7-14-6-1-2-8-15(14)17/h1-12H,13H2,(H,23,25). The molecule has 3 aromatic carbocycles. The molecule has 6 heteroatoms. The normalized spacial score (nSPS) is 10.7. The van der Waals surface area contributed by atoms with Crippen molar-refractivity contribution in [3.63, 3.8) is 0 Å². The third kappa shape index (κ3) is 3.48. The van der Waals surface area contributed by atoms with Gasteiger partial charge in [0.25, 0.3) is 5.91 Å². The van der Waals surface area contributed by atoms with Gasteiger partial charge in [0.05, 0.1) is 5.39 Å². The van der Waals surface area contributed by atoms with E-state index in [1.165, 1.54) is 0 Å². The number of rotatable bonds is 4. The van der Waals surface area contributed by atoms with Gasteiger partial charge in [-0.25, -0.2) is 4.79 Å². The van der Waals surface area contributed by atoms with Crippen LogP contribution in [0.2, 0.25) is 0 Å². The number of esters is 1. The van der Waals surface area contributed by atoms with Gasteiger partial charge in [-0.3, -0.25) is 9.59 Å². The van der Waals surface area contributed by atoms with E-state index in [0.29, 0.717) is 11.1 Å². The molecule has 0 atom stereocenters. The summed E-state index contributed by atoms with van der Waals surface area (Å²) in [5.74, 6) is -1.62. The molecule has 0 aliphatic heterocycles. The number of nitrogens with one attached hydrogen (secondary N) is 1. The van der Waals surface area contributed by atoms with Crippen LogP contribution in [0.1, 0.15) is 10.6 Å². The fourth-order valence-corrected chi connectivity index (χ4v) is 2.93. The van der Waals surface area contributed by atoms with Crippen LogP contribution in [-0.4, -0.2) is 18.5 Å². The van der Waals surface area contributed by atoms with Crippen LogP contribution in [0, 0.1) is 0 Å². The Bertz CT molecular complexity index is 1250. The molecule has 1 N–H and O–H groups in total. The molecule has 1 amide bonds. The molecule has 0 spiro atoms.